The van der Waals surface area contributed by atoms with Gasteiger partial charge in [0.05, 0.1) is 23.6 Å². The fourth-order valence-corrected chi connectivity index (χ4v) is 2.88. The summed E-state index contributed by atoms with van der Waals surface area (Å²) in [6.07, 6.45) is 4.18. The predicted octanol–water partition coefficient (Wildman–Crippen LogP) is 0.557. The van der Waals surface area contributed by atoms with Gasteiger partial charge >= 0.3 is 5.97 Å². The zero-order valence-corrected chi connectivity index (χ0v) is 14.4. The van der Waals surface area contributed by atoms with Crippen LogP contribution in [0.2, 0.25) is 0 Å². The normalized spacial score (nSPS) is 21.7. The standard InChI is InChI=1S/C16H24N4O4/c1-16(2,15(23)24)9-17-14(22)11-5-6-12(21)20(4)13(11)10-7-18-19(3)8-10/h7-8,11,13H,5-6,9H2,1-4H3,(H,17,22)(H,23,24). The van der Waals surface area contributed by atoms with Crippen LogP contribution >= 0.6 is 0 Å². The van der Waals surface area contributed by atoms with Crippen LogP contribution in [0.1, 0.15) is 38.3 Å². The fraction of sp³-hybridized carbons (Fsp3) is 0.625. The molecule has 2 amide bonds. The number of rotatable bonds is 5. The first kappa shape index (κ1) is 18.0. The molecule has 0 bridgehead atoms. The van der Waals surface area contributed by atoms with Crippen LogP contribution in [0.4, 0.5) is 0 Å². The van der Waals surface area contributed by atoms with E-state index in [9.17, 15) is 14.4 Å². The first-order valence-corrected chi connectivity index (χ1v) is 7.89. The van der Waals surface area contributed by atoms with Gasteiger partial charge in [-0.1, -0.05) is 0 Å². The minimum atomic E-state index is -1.05. The molecule has 1 aliphatic rings. The zero-order valence-electron chi connectivity index (χ0n) is 14.4. The van der Waals surface area contributed by atoms with Gasteiger partial charge in [0.15, 0.2) is 0 Å². The SMILES string of the molecule is CN1C(=O)CCC(C(=O)NCC(C)(C)C(=O)O)C1c1cnn(C)c1. The highest BCUT2D eigenvalue weighted by Gasteiger charge is 2.40. The molecule has 0 saturated carbocycles. The Morgan fingerprint density at radius 3 is 2.62 bits per heavy atom. The minimum absolute atomic E-state index is 0.0150. The number of aliphatic carboxylic acids is 1. The van der Waals surface area contributed by atoms with Crippen LogP contribution in [0, 0.1) is 11.3 Å². The van der Waals surface area contributed by atoms with Crippen LogP contribution < -0.4 is 5.32 Å². The van der Waals surface area contributed by atoms with Crippen LogP contribution in [-0.4, -0.2) is 51.2 Å². The third kappa shape index (κ3) is 3.58. The Morgan fingerprint density at radius 2 is 2.08 bits per heavy atom. The average molecular weight is 336 g/mol. The Labute approximate surface area is 140 Å². The maximum atomic E-state index is 12.6. The van der Waals surface area contributed by atoms with Gasteiger partial charge in [0, 0.05) is 38.8 Å². The molecular weight excluding hydrogens is 312 g/mol. The molecule has 1 aromatic heterocycles. The summed E-state index contributed by atoms with van der Waals surface area (Å²) in [5.74, 6) is -1.65. The number of aryl methyl sites for hydroxylation is 1. The second-order valence-corrected chi connectivity index (χ2v) is 6.95. The lowest BCUT2D eigenvalue weighted by atomic mass is 9.84. The second kappa shape index (κ2) is 6.62. The highest BCUT2D eigenvalue weighted by atomic mass is 16.4. The Morgan fingerprint density at radius 1 is 1.42 bits per heavy atom. The number of carbonyl (C=O) groups excluding carboxylic acids is 2. The number of carboxylic acid groups (broad SMARTS) is 1. The van der Waals surface area contributed by atoms with Crippen LogP contribution in [0.5, 0.6) is 0 Å². The first-order valence-electron chi connectivity index (χ1n) is 7.89. The molecular formula is C16H24N4O4. The largest absolute Gasteiger partial charge is 0.481 e. The molecule has 0 aromatic carbocycles. The van der Waals surface area contributed by atoms with Crippen molar-refractivity contribution in [1.82, 2.24) is 20.0 Å². The smallest absolute Gasteiger partial charge is 0.310 e. The molecule has 8 heteroatoms. The van der Waals surface area contributed by atoms with Gasteiger partial charge in [-0.05, 0) is 20.3 Å². The van der Waals surface area contributed by atoms with Gasteiger partial charge in [0.2, 0.25) is 11.8 Å². The molecule has 2 N–H and O–H groups in total. The number of carbonyl (C=O) groups is 3. The summed E-state index contributed by atoms with van der Waals surface area (Å²) in [7, 11) is 3.46. The number of amides is 2. The molecule has 132 valence electrons. The second-order valence-electron chi connectivity index (χ2n) is 6.95. The number of likely N-dealkylation sites (tertiary alicyclic amines) is 1. The maximum absolute atomic E-state index is 12.6. The summed E-state index contributed by atoms with van der Waals surface area (Å²) >= 11 is 0. The van der Waals surface area contributed by atoms with E-state index in [1.807, 2.05) is 0 Å². The van der Waals surface area contributed by atoms with Gasteiger partial charge in [-0.15, -0.1) is 0 Å². The van der Waals surface area contributed by atoms with Crippen molar-refractivity contribution in [3.05, 3.63) is 18.0 Å². The molecule has 0 spiro atoms. The maximum Gasteiger partial charge on any atom is 0.310 e. The van der Waals surface area contributed by atoms with Crippen molar-refractivity contribution in [3.63, 3.8) is 0 Å². The number of hydrogen-bond acceptors (Lipinski definition) is 4. The van der Waals surface area contributed by atoms with Crippen molar-refractivity contribution in [2.24, 2.45) is 18.4 Å². The highest BCUT2D eigenvalue weighted by Crippen LogP contribution is 2.35. The number of nitrogens with zero attached hydrogens (tertiary/aromatic N) is 3. The summed E-state index contributed by atoms with van der Waals surface area (Å²) in [5, 5.41) is 16.0. The first-order chi connectivity index (χ1) is 11.1. The van der Waals surface area contributed by atoms with Gasteiger partial charge < -0.3 is 15.3 Å². The lowest BCUT2D eigenvalue weighted by Gasteiger charge is -2.38. The van der Waals surface area contributed by atoms with E-state index in [0.717, 1.165) is 5.56 Å². The van der Waals surface area contributed by atoms with Crippen molar-refractivity contribution >= 4 is 17.8 Å². The predicted molar refractivity (Wildman–Crippen MR) is 85.9 cm³/mol. The molecule has 0 radical (unpaired) electrons. The molecule has 1 fully saturated rings. The number of hydrogen-bond donors (Lipinski definition) is 2. The zero-order chi connectivity index (χ0) is 18.1. The van der Waals surface area contributed by atoms with Crippen molar-refractivity contribution in [2.45, 2.75) is 32.7 Å². The van der Waals surface area contributed by atoms with Gasteiger partial charge in [0.1, 0.15) is 0 Å². The summed E-state index contributed by atoms with van der Waals surface area (Å²) in [5.41, 5.74) is -0.249. The molecule has 24 heavy (non-hydrogen) atoms. The molecule has 8 nitrogen and oxygen atoms in total. The van der Waals surface area contributed by atoms with Gasteiger partial charge in [-0.2, -0.15) is 5.10 Å². The summed E-state index contributed by atoms with van der Waals surface area (Å²) in [6, 6.07) is -0.395. The van der Waals surface area contributed by atoms with Gasteiger partial charge in [0.25, 0.3) is 0 Å². The van der Waals surface area contributed by atoms with E-state index in [0.29, 0.717) is 12.8 Å². The third-order valence-electron chi connectivity index (χ3n) is 4.55. The van der Waals surface area contributed by atoms with Gasteiger partial charge in [-0.3, -0.25) is 19.1 Å². The Bertz CT molecular complexity index is 652. The minimum Gasteiger partial charge on any atom is -0.481 e. The number of nitrogens with one attached hydrogen (secondary N) is 1. The molecule has 0 aliphatic carbocycles. The molecule has 2 atom stereocenters. The third-order valence-corrected chi connectivity index (χ3v) is 4.55. The Balaban J connectivity index is 2.18. The highest BCUT2D eigenvalue weighted by molar-refractivity contribution is 5.85. The Hall–Kier alpha value is -2.38. The number of aromatic nitrogens is 2. The molecule has 1 aliphatic heterocycles. The van der Waals surface area contributed by atoms with E-state index in [1.165, 1.54) is 0 Å². The van der Waals surface area contributed by atoms with E-state index in [2.05, 4.69) is 10.4 Å². The van der Waals surface area contributed by atoms with E-state index in [1.54, 1.807) is 49.9 Å². The van der Waals surface area contributed by atoms with Crippen molar-refractivity contribution in [1.29, 1.82) is 0 Å². The van der Waals surface area contributed by atoms with E-state index < -0.39 is 23.3 Å². The van der Waals surface area contributed by atoms with E-state index in [-0.39, 0.29) is 18.4 Å². The summed E-state index contributed by atoms with van der Waals surface area (Å²) in [6.45, 7) is 3.16. The monoisotopic (exact) mass is 336 g/mol. The lowest BCUT2D eigenvalue weighted by molar-refractivity contribution is -0.147. The molecule has 2 unspecified atom stereocenters. The molecule has 1 saturated heterocycles. The molecule has 2 rings (SSSR count). The van der Waals surface area contributed by atoms with Crippen molar-refractivity contribution in [3.8, 4) is 0 Å². The number of carboxylic acids is 1. The summed E-state index contributed by atoms with van der Waals surface area (Å²) < 4.78 is 1.63. The fourth-order valence-electron chi connectivity index (χ4n) is 2.88. The summed E-state index contributed by atoms with van der Waals surface area (Å²) in [4.78, 5) is 37.4. The van der Waals surface area contributed by atoms with Crippen LogP contribution in [0.3, 0.4) is 0 Å². The van der Waals surface area contributed by atoms with Crippen LogP contribution in [0.15, 0.2) is 12.4 Å². The van der Waals surface area contributed by atoms with Crippen molar-refractivity contribution < 1.29 is 19.5 Å². The van der Waals surface area contributed by atoms with Crippen LogP contribution in [0.25, 0.3) is 0 Å². The van der Waals surface area contributed by atoms with Gasteiger partial charge in [-0.25, -0.2) is 0 Å². The molecule has 1 aromatic rings. The average Bonchev–Trinajstić information content (AvgIpc) is 2.93. The number of piperidine rings is 1. The molecule has 2 heterocycles. The van der Waals surface area contributed by atoms with E-state index in [4.69, 9.17) is 5.11 Å². The Kier molecular flexibility index (Phi) is 4.96. The quantitative estimate of drug-likeness (QED) is 0.817. The van der Waals surface area contributed by atoms with Crippen LogP contribution in [-0.2, 0) is 21.4 Å². The lowest BCUT2D eigenvalue weighted by Crippen LogP contribution is -2.48. The topological polar surface area (TPSA) is 105 Å². The van der Waals surface area contributed by atoms with Crippen molar-refractivity contribution in [2.75, 3.05) is 13.6 Å². The van der Waals surface area contributed by atoms with E-state index >= 15 is 0 Å².